The Morgan fingerprint density at radius 2 is 2.16 bits per heavy atom. The topological polar surface area (TPSA) is 46.9 Å². The molecule has 0 unspecified atom stereocenters. The number of ketones is 1. The molecule has 2 rings (SSSR count). The van der Waals surface area contributed by atoms with Crippen molar-refractivity contribution in [2.24, 2.45) is 12.5 Å². The Kier molecular flexibility index (Phi) is 4.40. The average Bonchev–Trinajstić information content (AvgIpc) is 2.69. The fourth-order valence-corrected chi connectivity index (χ4v) is 3.23. The van der Waals surface area contributed by atoms with Gasteiger partial charge in [0.05, 0.1) is 5.69 Å². The van der Waals surface area contributed by atoms with E-state index in [2.05, 4.69) is 17.3 Å². The molecule has 1 aliphatic rings. The average molecular weight is 263 g/mol. The molecule has 1 N–H and O–H groups in total. The summed E-state index contributed by atoms with van der Waals surface area (Å²) in [6.07, 6.45) is 4.59. The second kappa shape index (κ2) is 5.87. The number of aryl methyl sites for hydroxylation is 2. The summed E-state index contributed by atoms with van der Waals surface area (Å²) in [7, 11) is 1.92. The molecule has 0 bridgehead atoms. The first-order valence-corrected chi connectivity index (χ1v) is 7.31. The molecule has 1 aromatic heterocycles. The lowest BCUT2D eigenvalue weighted by molar-refractivity contribution is -0.130. The van der Waals surface area contributed by atoms with Crippen molar-refractivity contribution in [1.82, 2.24) is 15.1 Å². The maximum absolute atomic E-state index is 12.8. The van der Waals surface area contributed by atoms with Gasteiger partial charge in [0.15, 0.2) is 0 Å². The van der Waals surface area contributed by atoms with E-state index < -0.39 is 0 Å². The molecule has 4 nitrogen and oxygen atoms in total. The largest absolute Gasteiger partial charge is 0.317 e. The fourth-order valence-electron chi connectivity index (χ4n) is 3.23. The van der Waals surface area contributed by atoms with Crippen LogP contribution in [-0.4, -0.2) is 28.7 Å². The summed E-state index contributed by atoms with van der Waals surface area (Å²) in [5.74, 6) is 0.402. The molecule has 0 amide bonds. The van der Waals surface area contributed by atoms with Crippen LogP contribution >= 0.6 is 0 Å². The molecule has 0 aliphatic carbocycles. The number of Topliss-reactive ketones (excluding diaryl/α,β-unsaturated/α-hetero) is 1. The molecule has 2 heterocycles. The third kappa shape index (κ3) is 3.06. The van der Waals surface area contributed by atoms with E-state index in [1.807, 2.05) is 24.7 Å². The number of piperidine rings is 1. The summed E-state index contributed by atoms with van der Waals surface area (Å²) >= 11 is 0. The van der Waals surface area contributed by atoms with Crippen molar-refractivity contribution in [2.45, 2.75) is 46.0 Å². The lowest BCUT2D eigenvalue weighted by atomic mass is 9.71. The maximum Gasteiger partial charge on any atom is 0.145 e. The van der Waals surface area contributed by atoms with Gasteiger partial charge < -0.3 is 5.32 Å². The summed E-state index contributed by atoms with van der Waals surface area (Å²) in [5.41, 5.74) is 1.93. The quantitative estimate of drug-likeness (QED) is 0.884. The molecular weight excluding hydrogens is 238 g/mol. The highest BCUT2D eigenvalue weighted by molar-refractivity contribution is 5.86. The highest BCUT2D eigenvalue weighted by Crippen LogP contribution is 2.36. The molecule has 1 aromatic rings. The second-order valence-electron chi connectivity index (χ2n) is 5.78. The summed E-state index contributed by atoms with van der Waals surface area (Å²) in [6.45, 7) is 6.08. The van der Waals surface area contributed by atoms with Crippen LogP contribution in [0.2, 0.25) is 0 Å². The van der Waals surface area contributed by atoms with Crippen molar-refractivity contribution in [3.05, 3.63) is 17.5 Å². The van der Waals surface area contributed by atoms with Gasteiger partial charge in [-0.1, -0.05) is 13.3 Å². The summed E-state index contributed by atoms with van der Waals surface area (Å²) < 4.78 is 1.84. The zero-order valence-corrected chi connectivity index (χ0v) is 12.3. The predicted octanol–water partition coefficient (Wildman–Crippen LogP) is 2.01. The van der Waals surface area contributed by atoms with Gasteiger partial charge in [0.2, 0.25) is 0 Å². The number of carbonyl (C=O) groups excluding carboxylic acids is 1. The summed E-state index contributed by atoms with van der Waals surface area (Å²) in [4.78, 5) is 12.8. The van der Waals surface area contributed by atoms with Crippen molar-refractivity contribution in [3.63, 3.8) is 0 Å². The van der Waals surface area contributed by atoms with Crippen LogP contribution in [0.3, 0.4) is 0 Å². The number of rotatable bonds is 5. The summed E-state index contributed by atoms with van der Waals surface area (Å²) in [5, 5.41) is 7.69. The number of aromatic nitrogens is 2. The maximum atomic E-state index is 12.8. The van der Waals surface area contributed by atoms with Gasteiger partial charge in [-0.25, -0.2) is 0 Å². The first-order chi connectivity index (χ1) is 9.07. The number of hydrogen-bond acceptors (Lipinski definition) is 3. The number of nitrogens with one attached hydrogen (secondary N) is 1. The van der Waals surface area contributed by atoms with E-state index in [1.165, 1.54) is 0 Å². The number of nitrogens with zero attached hydrogens (tertiary/aromatic N) is 2. The summed E-state index contributed by atoms with van der Waals surface area (Å²) in [6, 6.07) is 2.03. The van der Waals surface area contributed by atoms with Crippen LogP contribution in [0.5, 0.6) is 0 Å². The van der Waals surface area contributed by atoms with Crippen LogP contribution in [0.1, 0.15) is 44.0 Å². The predicted molar refractivity (Wildman–Crippen MR) is 76.1 cm³/mol. The van der Waals surface area contributed by atoms with Gasteiger partial charge >= 0.3 is 0 Å². The monoisotopic (exact) mass is 263 g/mol. The van der Waals surface area contributed by atoms with E-state index in [1.54, 1.807) is 0 Å². The Balaban J connectivity index is 2.13. The van der Waals surface area contributed by atoms with Crippen molar-refractivity contribution in [1.29, 1.82) is 0 Å². The minimum atomic E-state index is -0.0990. The molecule has 0 saturated carbocycles. The minimum Gasteiger partial charge on any atom is -0.317 e. The molecule has 1 fully saturated rings. The molecule has 4 heteroatoms. The molecule has 106 valence electrons. The van der Waals surface area contributed by atoms with Gasteiger partial charge in [-0.3, -0.25) is 9.48 Å². The normalized spacial score (nSPS) is 18.5. The lowest BCUT2D eigenvalue weighted by Crippen LogP contribution is -2.43. The number of carbonyl (C=O) groups is 1. The van der Waals surface area contributed by atoms with Crippen LogP contribution in [-0.2, 0) is 18.3 Å². The van der Waals surface area contributed by atoms with Crippen molar-refractivity contribution in [3.8, 4) is 0 Å². The molecule has 19 heavy (non-hydrogen) atoms. The molecule has 0 atom stereocenters. The Hall–Kier alpha value is -1.16. The van der Waals surface area contributed by atoms with Gasteiger partial charge in [-0.15, -0.1) is 0 Å². The smallest absolute Gasteiger partial charge is 0.145 e. The van der Waals surface area contributed by atoms with E-state index in [9.17, 15) is 4.79 Å². The van der Waals surface area contributed by atoms with Crippen LogP contribution < -0.4 is 5.32 Å². The zero-order valence-electron chi connectivity index (χ0n) is 12.3. The van der Waals surface area contributed by atoms with Crippen molar-refractivity contribution in [2.75, 3.05) is 13.1 Å². The fraction of sp³-hybridized carbons (Fsp3) is 0.733. The zero-order chi connectivity index (χ0) is 13.9. The second-order valence-corrected chi connectivity index (χ2v) is 5.78. The van der Waals surface area contributed by atoms with Gasteiger partial charge in [0.25, 0.3) is 0 Å². The Morgan fingerprint density at radius 3 is 2.68 bits per heavy atom. The number of hydrogen-bond donors (Lipinski definition) is 1. The standard InChI is InChI=1S/C15H25N3O/c1-4-5-15(6-8-16-9-7-15)14(19)11-13-10-12(2)17-18(13)3/h10,16H,4-9,11H2,1-3H3. The van der Waals surface area contributed by atoms with Gasteiger partial charge in [0.1, 0.15) is 5.78 Å². The van der Waals surface area contributed by atoms with Gasteiger partial charge in [-0.05, 0) is 45.3 Å². The van der Waals surface area contributed by atoms with Crippen LogP contribution in [0.25, 0.3) is 0 Å². The van der Waals surface area contributed by atoms with E-state index >= 15 is 0 Å². The molecule has 1 saturated heterocycles. The van der Waals surface area contributed by atoms with Crippen LogP contribution in [0.4, 0.5) is 0 Å². The third-order valence-electron chi connectivity index (χ3n) is 4.32. The van der Waals surface area contributed by atoms with Crippen molar-refractivity contribution < 1.29 is 4.79 Å². The third-order valence-corrected chi connectivity index (χ3v) is 4.32. The Bertz CT molecular complexity index is 439. The van der Waals surface area contributed by atoms with E-state index in [4.69, 9.17) is 0 Å². The highest BCUT2D eigenvalue weighted by atomic mass is 16.1. The molecule has 0 aromatic carbocycles. The van der Waals surface area contributed by atoms with Crippen LogP contribution in [0, 0.1) is 12.3 Å². The first-order valence-electron chi connectivity index (χ1n) is 7.31. The van der Waals surface area contributed by atoms with Gasteiger partial charge in [0, 0.05) is 24.6 Å². The lowest BCUT2D eigenvalue weighted by Gasteiger charge is -2.36. The van der Waals surface area contributed by atoms with E-state index in [-0.39, 0.29) is 5.41 Å². The van der Waals surface area contributed by atoms with E-state index in [0.717, 1.165) is 50.2 Å². The van der Waals surface area contributed by atoms with Gasteiger partial charge in [-0.2, -0.15) is 5.10 Å². The minimum absolute atomic E-state index is 0.0990. The van der Waals surface area contributed by atoms with Crippen molar-refractivity contribution >= 4 is 5.78 Å². The van der Waals surface area contributed by atoms with Crippen LogP contribution in [0.15, 0.2) is 6.07 Å². The molecule has 0 radical (unpaired) electrons. The first kappa shape index (κ1) is 14.3. The highest BCUT2D eigenvalue weighted by Gasteiger charge is 2.38. The Labute approximate surface area is 115 Å². The molecular formula is C15H25N3O. The SMILES string of the molecule is CCCC1(C(=O)Cc2cc(C)nn2C)CCNCC1. The Morgan fingerprint density at radius 1 is 1.47 bits per heavy atom. The van der Waals surface area contributed by atoms with E-state index in [0.29, 0.717) is 12.2 Å². The molecule has 0 spiro atoms. The molecule has 1 aliphatic heterocycles.